The Morgan fingerprint density at radius 2 is 1.89 bits per heavy atom. The highest BCUT2D eigenvalue weighted by atomic mass is 16.6. The van der Waals surface area contributed by atoms with Gasteiger partial charge in [0.25, 0.3) is 0 Å². The number of ether oxygens (including phenoxy) is 2. The lowest BCUT2D eigenvalue weighted by atomic mass is 10.0. The highest BCUT2D eigenvalue weighted by molar-refractivity contribution is 5.75. The van der Waals surface area contributed by atoms with E-state index in [9.17, 15) is 4.79 Å². The lowest BCUT2D eigenvalue weighted by Gasteiger charge is -2.28. The van der Waals surface area contributed by atoms with Crippen LogP contribution in [0.5, 0.6) is 0 Å². The Morgan fingerprint density at radius 1 is 1.28 bits per heavy atom. The maximum Gasteiger partial charge on any atom is 0.322 e. The topological polar surface area (TPSA) is 61.5 Å². The fourth-order valence-electron chi connectivity index (χ4n) is 1.94. The molecule has 1 rings (SSSR count). The number of carbonyl (C=O) groups excluding carboxylic acids is 1. The first-order valence-electron chi connectivity index (χ1n) is 6.99. The molecule has 4 nitrogen and oxygen atoms in total. The molecule has 18 heavy (non-hydrogen) atoms. The van der Waals surface area contributed by atoms with Gasteiger partial charge in [0.1, 0.15) is 12.1 Å². The summed E-state index contributed by atoms with van der Waals surface area (Å²) in [5.74, 6) is 0.733. The largest absolute Gasteiger partial charge is 0.458 e. The Hall–Kier alpha value is -0.610. The summed E-state index contributed by atoms with van der Waals surface area (Å²) in [6.07, 6.45) is 3.50. The minimum atomic E-state index is -0.579. The second-order valence-corrected chi connectivity index (χ2v) is 5.74. The van der Waals surface area contributed by atoms with E-state index in [4.69, 9.17) is 15.2 Å². The lowest BCUT2D eigenvalue weighted by molar-refractivity contribution is -0.162. The van der Waals surface area contributed by atoms with Crippen LogP contribution in [-0.4, -0.2) is 30.8 Å². The molecule has 0 amide bonds. The quantitative estimate of drug-likeness (QED) is 0.676. The minimum absolute atomic E-state index is 0.0774. The average molecular weight is 257 g/mol. The Balaban J connectivity index is 2.35. The summed E-state index contributed by atoms with van der Waals surface area (Å²) >= 11 is 0. The Bertz CT molecular complexity index is 262. The molecule has 2 N–H and O–H groups in total. The highest BCUT2D eigenvalue weighted by Crippen LogP contribution is 2.32. The third kappa shape index (κ3) is 5.36. The van der Waals surface area contributed by atoms with Gasteiger partial charge in [-0.05, 0) is 32.1 Å². The third-order valence-electron chi connectivity index (χ3n) is 3.35. The second-order valence-electron chi connectivity index (χ2n) is 5.74. The van der Waals surface area contributed by atoms with Crippen LogP contribution >= 0.6 is 0 Å². The Labute approximate surface area is 110 Å². The van der Waals surface area contributed by atoms with Crippen LogP contribution in [0.15, 0.2) is 0 Å². The molecule has 1 saturated carbocycles. The average Bonchev–Trinajstić information content (AvgIpc) is 3.08. The van der Waals surface area contributed by atoms with Gasteiger partial charge >= 0.3 is 5.97 Å². The molecule has 1 unspecified atom stereocenters. The van der Waals surface area contributed by atoms with Crippen molar-refractivity contribution >= 4 is 5.97 Å². The summed E-state index contributed by atoms with van der Waals surface area (Å²) in [5.41, 5.74) is 5.52. The van der Waals surface area contributed by atoms with Crippen molar-refractivity contribution in [2.24, 2.45) is 17.6 Å². The van der Waals surface area contributed by atoms with Crippen molar-refractivity contribution in [2.75, 3.05) is 6.61 Å². The van der Waals surface area contributed by atoms with Gasteiger partial charge in [0, 0.05) is 6.61 Å². The smallest absolute Gasteiger partial charge is 0.322 e. The molecule has 3 atom stereocenters. The van der Waals surface area contributed by atoms with E-state index in [1.807, 2.05) is 20.8 Å². The van der Waals surface area contributed by atoms with E-state index in [0.717, 1.165) is 18.9 Å². The molecule has 4 heteroatoms. The van der Waals surface area contributed by atoms with E-state index in [1.54, 1.807) is 6.92 Å². The first-order valence-corrected chi connectivity index (χ1v) is 6.99. The summed E-state index contributed by atoms with van der Waals surface area (Å²) in [7, 11) is 0. The molecule has 0 heterocycles. The van der Waals surface area contributed by atoms with Crippen LogP contribution in [0.1, 0.15) is 47.0 Å². The minimum Gasteiger partial charge on any atom is -0.458 e. The van der Waals surface area contributed by atoms with Crippen molar-refractivity contribution in [3.05, 3.63) is 0 Å². The fourth-order valence-corrected chi connectivity index (χ4v) is 1.94. The molecule has 0 spiro atoms. The maximum absolute atomic E-state index is 11.6. The zero-order valence-corrected chi connectivity index (χ0v) is 12.0. The first kappa shape index (κ1) is 15.4. The Morgan fingerprint density at radius 3 is 2.33 bits per heavy atom. The monoisotopic (exact) mass is 257 g/mol. The highest BCUT2D eigenvalue weighted by Gasteiger charge is 2.27. The lowest BCUT2D eigenvalue weighted by Crippen LogP contribution is -2.40. The standard InChI is InChI=1S/C14H27NO3/c1-9(2)13(18-14(16)10(3)15)11(4)17-8-7-12-5-6-12/h9-13H,5-8,15H2,1-4H3/t10-,11-,13?/m0/s1. The first-order chi connectivity index (χ1) is 8.41. The van der Waals surface area contributed by atoms with Gasteiger partial charge in [0.15, 0.2) is 0 Å². The van der Waals surface area contributed by atoms with Crippen molar-refractivity contribution in [1.82, 2.24) is 0 Å². The van der Waals surface area contributed by atoms with Crippen LogP contribution in [0.3, 0.4) is 0 Å². The number of carbonyl (C=O) groups is 1. The molecule has 1 aliphatic rings. The van der Waals surface area contributed by atoms with E-state index in [0.29, 0.717) is 0 Å². The van der Waals surface area contributed by atoms with Crippen LogP contribution in [-0.2, 0) is 14.3 Å². The van der Waals surface area contributed by atoms with Crippen LogP contribution in [0, 0.1) is 11.8 Å². The predicted octanol–water partition coefficient (Wildman–Crippen LogP) is 2.11. The van der Waals surface area contributed by atoms with Crippen LogP contribution in [0.2, 0.25) is 0 Å². The molecule has 0 aromatic heterocycles. The zero-order chi connectivity index (χ0) is 13.7. The number of rotatable bonds is 8. The number of hydrogen-bond donors (Lipinski definition) is 1. The van der Waals surface area contributed by atoms with E-state index in [2.05, 4.69) is 0 Å². The van der Waals surface area contributed by atoms with Crippen LogP contribution in [0.4, 0.5) is 0 Å². The van der Waals surface area contributed by atoms with E-state index in [1.165, 1.54) is 12.8 Å². The van der Waals surface area contributed by atoms with Crippen molar-refractivity contribution < 1.29 is 14.3 Å². The van der Waals surface area contributed by atoms with Crippen molar-refractivity contribution in [3.8, 4) is 0 Å². The molecule has 106 valence electrons. The molecule has 0 aromatic carbocycles. The summed E-state index contributed by atoms with van der Waals surface area (Å²) in [6.45, 7) is 8.41. The van der Waals surface area contributed by atoms with Gasteiger partial charge in [0.2, 0.25) is 0 Å². The molecule has 0 bridgehead atoms. The van der Waals surface area contributed by atoms with E-state index < -0.39 is 6.04 Å². The molecule has 0 saturated heterocycles. The van der Waals surface area contributed by atoms with Gasteiger partial charge < -0.3 is 15.2 Å². The molecule has 0 aliphatic heterocycles. The SMILES string of the molecule is CC(C)C(OC(=O)[C@H](C)N)[C@H](C)OCCC1CC1. The van der Waals surface area contributed by atoms with Gasteiger partial charge in [-0.15, -0.1) is 0 Å². The molecular formula is C14H27NO3. The van der Waals surface area contributed by atoms with Gasteiger partial charge in [-0.25, -0.2) is 0 Å². The van der Waals surface area contributed by atoms with Crippen LogP contribution in [0.25, 0.3) is 0 Å². The molecule has 1 aliphatic carbocycles. The number of esters is 1. The normalized spacial score (nSPS) is 20.6. The summed E-state index contributed by atoms with van der Waals surface area (Å²) in [5, 5.41) is 0. The molecular weight excluding hydrogens is 230 g/mol. The van der Waals surface area contributed by atoms with Gasteiger partial charge in [-0.2, -0.15) is 0 Å². The van der Waals surface area contributed by atoms with Crippen molar-refractivity contribution in [2.45, 2.75) is 65.2 Å². The zero-order valence-electron chi connectivity index (χ0n) is 12.0. The fraction of sp³-hybridized carbons (Fsp3) is 0.929. The van der Waals surface area contributed by atoms with Gasteiger partial charge in [0.05, 0.1) is 6.10 Å². The summed E-state index contributed by atoms with van der Waals surface area (Å²) < 4.78 is 11.2. The third-order valence-corrected chi connectivity index (χ3v) is 3.35. The number of nitrogens with two attached hydrogens (primary N) is 1. The maximum atomic E-state index is 11.6. The molecule has 0 radical (unpaired) electrons. The van der Waals surface area contributed by atoms with Gasteiger partial charge in [-0.3, -0.25) is 4.79 Å². The molecule has 0 aromatic rings. The van der Waals surface area contributed by atoms with E-state index >= 15 is 0 Å². The van der Waals surface area contributed by atoms with E-state index in [-0.39, 0.29) is 24.1 Å². The molecule has 1 fully saturated rings. The summed E-state index contributed by atoms with van der Waals surface area (Å²) in [4.78, 5) is 11.6. The van der Waals surface area contributed by atoms with Crippen LogP contribution < -0.4 is 5.73 Å². The van der Waals surface area contributed by atoms with Crippen molar-refractivity contribution in [3.63, 3.8) is 0 Å². The number of hydrogen-bond acceptors (Lipinski definition) is 4. The van der Waals surface area contributed by atoms with Crippen molar-refractivity contribution in [1.29, 1.82) is 0 Å². The summed E-state index contributed by atoms with van der Waals surface area (Å²) in [6, 6.07) is -0.579. The Kier molecular flexibility index (Phi) is 6.09. The predicted molar refractivity (Wildman–Crippen MR) is 71.1 cm³/mol. The van der Waals surface area contributed by atoms with Gasteiger partial charge in [-0.1, -0.05) is 26.7 Å². The second kappa shape index (κ2) is 7.10.